The molecule has 0 saturated heterocycles. The molecule has 0 fully saturated rings. The number of hydrogen-bond donors (Lipinski definition) is 1. The highest BCUT2D eigenvalue weighted by Crippen LogP contribution is 2.13. The van der Waals surface area contributed by atoms with Crippen LogP contribution in [-0.4, -0.2) is 16.1 Å². The van der Waals surface area contributed by atoms with Crippen LogP contribution in [0.25, 0.3) is 0 Å². The molecule has 0 unspecified atom stereocenters. The minimum absolute atomic E-state index is 0.120. The van der Waals surface area contributed by atoms with E-state index in [9.17, 15) is 0 Å². The van der Waals surface area contributed by atoms with Gasteiger partial charge in [0.25, 0.3) is 0 Å². The molecule has 4 nitrogen and oxygen atoms in total. The van der Waals surface area contributed by atoms with Crippen LogP contribution in [0.1, 0.15) is 18.7 Å². The third-order valence-corrected chi connectivity index (χ3v) is 2.86. The monoisotopic (exact) mass is 249 g/mol. The van der Waals surface area contributed by atoms with Gasteiger partial charge in [0.05, 0.1) is 12.6 Å². The number of rotatable bonds is 5. The van der Waals surface area contributed by atoms with E-state index in [4.69, 9.17) is 4.74 Å². The van der Waals surface area contributed by atoms with Gasteiger partial charge in [0.2, 0.25) is 11.8 Å². The molecule has 0 aliphatic rings. The van der Waals surface area contributed by atoms with Crippen LogP contribution in [0.2, 0.25) is 0 Å². The number of thiophene rings is 1. The maximum absolute atomic E-state index is 5.50. The summed E-state index contributed by atoms with van der Waals surface area (Å²) in [5.74, 6) is 1.19. The van der Waals surface area contributed by atoms with Crippen molar-refractivity contribution in [3.63, 3.8) is 0 Å². The average Bonchev–Trinajstić information content (AvgIpc) is 2.79. The Morgan fingerprint density at radius 1 is 1.41 bits per heavy atom. The van der Waals surface area contributed by atoms with E-state index >= 15 is 0 Å². The van der Waals surface area contributed by atoms with Crippen LogP contribution < -0.4 is 10.1 Å². The second-order valence-electron chi connectivity index (χ2n) is 3.82. The van der Waals surface area contributed by atoms with Crippen molar-refractivity contribution >= 4 is 17.3 Å². The molecule has 2 aromatic heterocycles. The van der Waals surface area contributed by atoms with Crippen molar-refractivity contribution in [2.75, 3.05) is 5.32 Å². The third kappa shape index (κ3) is 3.71. The van der Waals surface area contributed by atoms with Crippen LogP contribution >= 0.6 is 11.3 Å². The van der Waals surface area contributed by atoms with E-state index < -0.39 is 0 Å². The molecule has 0 spiro atoms. The fourth-order valence-corrected chi connectivity index (χ4v) is 1.96. The molecule has 5 heteroatoms. The van der Waals surface area contributed by atoms with Crippen LogP contribution in [0.5, 0.6) is 5.88 Å². The number of nitrogens with zero attached hydrogens (tertiary/aromatic N) is 2. The lowest BCUT2D eigenvalue weighted by Crippen LogP contribution is -2.09. The molecule has 17 heavy (non-hydrogen) atoms. The van der Waals surface area contributed by atoms with Crippen LogP contribution in [0.15, 0.2) is 29.8 Å². The quantitative estimate of drug-likeness (QED) is 0.885. The molecule has 0 amide bonds. The van der Waals surface area contributed by atoms with E-state index in [1.54, 1.807) is 23.6 Å². The van der Waals surface area contributed by atoms with Gasteiger partial charge >= 0.3 is 0 Å². The van der Waals surface area contributed by atoms with E-state index in [0.717, 1.165) is 6.54 Å². The summed E-state index contributed by atoms with van der Waals surface area (Å²) in [5.41, 5.74) is 0. The minimum Gasteiger partial charge on any atom is -0.475 e. The molecule has 0 saturated carbocycles. The van der Waals surface area contributed by atoms with Gasteiger partial charge in [-0.2, -0.15) is 4.98 Å². The van der Waals surface area contributed by atoms with E-state index in [-0.39, 0.29) is 6.10 Å². The highest BCUT2D eigenvalue weighted by atomic mass is 32.1. The number of nitrogens with one attached hydrogen (secondary N) is 1. The summed E-state index contributed by atoms with van der Waals surface area (Å²) >= 11 is 1.71. The molecule has 0 atom stereocenters. The summed E-state index contributed by atoms with van der Waals surface area (Å²) in [4.78, 5) is 9.67. The number of hydrogen-bond acceptors (Lipinski definition) is 5. The summed E-state index contributed by atoms with van der Waals surface area (Å²) < 4.78 is 5.50. The zero-order chi connectivity index (χ0) is 12.1. The first kappa shape index (κ1) is 11.9. The molecular weight excluding hydrogens is 234 g/mol. The summed E-state index contributed by atoms with van der Waals surface area (Å²) in [6.07, 6.45) is 1.82. The number of aromatic nitrogens is 2. The molecule has 0 aliphatic heterocycles. The maximum Gasteiger partial charge on any atom is 0.226 e. The number of ether oxygens (including phenoxy) is 1. The molecule has 0 aromatic carbocycles. The van der Waals surface area contributed by atoms with Crippen molar-refractivity contribution in [2.24, 2.45) is 0 Å². The molecule has 90 valence electrons. The Bertz CT molecular complexity index is 457. The van der Waals surface area contributed by atoms with Crippen LogP contribution in [-0.2, 0) is 6.54 Å². The van der Waals surface area contributed by atoms with Gasteiger partial charge in [-0.15, -0.1) is 11.3 Å². The van der Waals surface area contributed by atoms with Crippen molar-refractivity contribution in [1.29, 1.82) is 0 Å². The van der Waals surface area contributed by atoms with Crippen LogP contribution in [0, 0.1) is 0 Å². The van der Waals surface area contributed by atoms with Gasteiger partial charge in [-0.05, 0) is 25.3 Å². The van der Waals surface area contributed by atoms with Gasteiger partial charge in [0.15, 0.2) is 0 Å². The second kappa shape index (κ2) is 5.63. The highest BCUT2D eigenvalue weighted by molar-refractivity contribution is 7.09. The Balaban J connectivity index is 1.96. The molecule has 2 rings (SSSR count). The SMILES string of the molecule is CC(C)Oc1ccnc(NCc2cccs2)n1. The van der Waals surface area contributed by atoms with Gasteiger partial charge < -0.3 is 10.1 Å². The van der Waals surface area contributed by atoms with Gasteiger partial charge in [0, 0.05) is 17.1 Å². The van der Waals surface area contributed by atoms with E-state index in [0.29, 0.717) is 11.8 Å². The average molecular weight is 249 g/mol. The lowest BCUT2D eigenvalue weighted by Gasteiger charge is -2.09. The topological polar surface area (TPSA) is 47.0 Å². The normalized spacial score (nSPS) is 10.5. The Morgan fingerprint density at radius 2 is 2.29 bits per heavy atom. The first-order valence-corrected chi connectivity index (χ1v) is 6.38. The Hall–Kier alpha value is -1.62. The fourth-order valence-electron chi connectivity index (χ4n) is 1.31. The summed E-state index contributed by atoms with van der Waals surface area (Å²) in [5, 5.41) is 5.22. The largest absolute Gasteiger partial charge is 0.475 e. The molecule has 0 bridgehead atoms. The smallest absolute Gasteiger partial charge is 0.226 e. The van der Waals surface area contributed by atoms with Crippen molar-refractivity contribution in [3.05, 3.63) is 34.7 Å². The van der Waals surface area contributed by atoms with Gasteiger partial charge in [-0.3, -0.25) is 0 Å². The third-order valence-electron chi connectivity index (χ3n) is 1.99. The lowest BCUT2D eigenvalue weighted by atomic mass is 10.4. The standard InChI is InChI=1S/C12H15N3OS/c1-9(2)16-11-5-6-13-12(15-11)14-8-10-4-3-7-17-10/h3-7,9H,8H2,1-2H3,(H,13,14,15). The second-order valence-corrected chi connectivity index (χ2v) is 4.85. The molecule has 0 aliphatic carbocycles. The Labute approximate surface area is 105 Å². The summed E-state index contributed by atoms with van der Waals surface area (Å²) in [6, 6.07) is 5.86. The molecule has 0 radical (unpaired) electrons. The van der Waals surface area contributed by atoms with E-state index in [1.165, 1.54) is 4.88 Å². The predicted octanol–water partition coefficient (Wildman–Crippen LogP) is 2.94. The van der Waals surface area contributed by atoms with E-state index in [2.05, 4.69) is 26.7 Å². The predicted molar refractivity (Wildman–Crippen MR) is 69.4 cm³/mol. The van der Waals surface area contributed by atoms with Crippen LogP contribution in [0.3, 0.4) is 0 Å². The van der Waals surface area contributed by atoms with Gasteiger partial charge in [-0.25, -0.2) is 4.98 Å². The van der Waals surface area contributed by atoms with Crippen molar-refractivity contribution < 1.29 is 4.74 Å². The first-order chi connectivity index (χ1) is 8.24. The van der Waals surface area contributed by atoms with Crippen molar-refractivity contribution in [1.82, 2.24) is 9.97 Å². The lowest BCUT2D eigenvalue weighted by molar-refractivity contribution is 0.232. The molecule has 2 aromatic rings. The van der Waals surface area contributed by atoms with Crippen LogP contribution in [0.4, 0.5) is 5.95 Å². The maximum atomic E-state index is 5.50. The van der Waals surface area contributed by atoms with Crippen molar-refractivity contribution in [3.8, 4) is 5.88 Å². The zero-order valence-electron chi connectivity index (χ0n) is 9.88. The fraction of sp³-hybridized carbons (Fsp3) is 0.333. The minimum atomic E-state index is 0.120. The summed E-state index contributed by atoms with van der Waals surface area (Å²) in [6.45, 7) is 4.69. The summed E-state index contributed by atoms with van der Waals surface area (Å²) in [7, 11) is 0. The zero-order valence-corrected chi connectivity index (χ0v) is 10.7. The molecular formula is C12H15N3OS. The Kier molecular flexibility index (Phi) is 3.93. The first-order valence-electron chi connectivity index (χ1n) is 5.50. The Morgan fingerprint density at radius 3 is 3.00 bits per heavy atom. The van der Waals surface area contributed by atoms with E-state index in [1.807, 2.05) is 19.9 Å². The molecule has 2 heterocycles. The number of anilines is 1. The van der Waals surface area contributed by atoms with Gasteiger partial charge in [-0.1, -0.05) is 6.07 Å². The molecule has 1 N–H and O–H groups in total. The highest BCUT2D eigenvalue weighted by Gasteiger charge is 2.02. The van der Waals surface area contributed by atoms with Gasteiger partial charge in [0.1, 0.15) is 0 Å². The van der Waals surface area contributed by atoms with Crippen molar-refractivity contribution in [2.45, 2.75) is 26.5 Å².